The highest BCUT2D eigenvalue weighted by atomic mass is 16.1. The number of aldehydes is 1. The number of nitrogens with one attached hydrogen (secondary N) is 1. The van der Waals surface area contributed by atoms with Crippen LogP contribution in [0, 0.1) is 0 Å². The van der Waals surface area contributed by atoms with Gasteiger partial charge in [0.2, 0.25) is 0 Å². The highest BCUT2D eigenvalue weighted by Gasteiger charge is 2.01. The number of aromatic amines is 1. The molecule has 0 spiro atoms. The van der Waals surface area contributed by atoms with E-state index in [4.69, 9.17) is 5.53 Å². The Bertz CT molecular complexity index is 635. The topological polar surface area (TPSA) is 81.6 Å². The molecule has 0 fully saturated rings. The predicted molar refractivity (Wildman–Crippen MR) is 71.4 cm³/mol. The first-order valence-corrected chi connectivity index (χ1v) is 5.59. The van der Waals surface area contributed by atoms with Crippen molar-refractivity contribution in [1.29, 1.82) is 0 Å². The number of fused-ring (bicyclic) bond motifs is 1. The van der Waals surface area contributed by atoms with Crippen LogP contribution in [-0.4, -0.2) is 17.8 Å². The number of hydrogen-bond acceptors (Lipinski definition) is 2. The van der Waals surface area contributed by atoms with Crippen molar-refractivity contribution in [2.75, 3.05) is 6.54 Å². The summed E-state index contributed by atoms with van der Waals surface area (Å²) < 4.78 is 0. The van der Waals surface area contributed by atoms with Crippen LogP contribution < -0.4 is 0 Å². The first kappa shape index (κ1) is 12.0. The number of H-pyrrole nitrogens is 1. The van der Waals surface area contributed by atoms with Crippen molar-refractivity contribution in [2.24, 2.45) is 5.11 Å². The molecule has 5 heteroatoms. The Morgan fingerprint density at radius 3 is 3.11 bits per heavy atom. The van der Waals surface area contributed by atoms with E-state index in [2.05, 4.69) is 15.0 Å². The Kier molecular flexibility index (Phi) is 3.79. The molecule has 2 aromatic rings. The van der Waals surface area contributed by atoms with Crippen molar-refractivity contribution in [3.63, 3.8) is 0 Å². The van der Waals surface area contributed by atoms with E-state index in [9.17, 15) is 4.79 Å². The number of hydrogen-bond donors (Lipinski definition) is 1. The highest BCUT2D eigenvalue weighted by molar-refractivity contribution is 5.98. The molecule has 1 heterocycles. The second-order valence-corrected chi connectivity index (χ2v) is 3.81. The Labute approximate surface area is 104 Å². The third-order valence-corrected chi connectivity index (χ3v) is 2.63. The number of rotatable bonds is 5. The quantitative estimate of drug-likeness (QED) is 0.279. The van der Waals surface area contributed by atoms with Gasteiger partial charge in [0.1, 0.15) is 0 Å². The largest absolute Gasteiger partial charge is 0.360 e. The Balaban J connectivity index is 2.18. The van der Waals surface area contributed by atoms with Crippen molar-refractivity contribution in [3.05, 3.63) is 52.0 Å². The van der Waals surface area contributed by atoms with E-state index in [0.29, 0.717) is 18.5 Å². The fourth-order valence-corrected chi connectivity index (χ4v) is 1.76. The van der Waals surface area contributed by atoms with Gasteiger partial charge < -0.3 is 4.98 Å². The third-order valence-electron chi connectivity index (χ3n) is 2.63. The lowest BCUT2D eigenvalue weighted by molar-refractivity contribution is 0.112. The molecule has 2 rings (SSSR count). The van der Waals surface area contributed by atoms with Crippen LogP contribution in [0.15, 0.2) is 35.6 Å². The van der Waals surface area contributed by atoms with E-state index in [-0.39, 0.29) is 0 Å². The average Bonchev–Trinajstić information content (AvgIpc) is 2.81. The maximum absolute atomic E-state index is 10.8. The molecule has 0 radical (unpaired) electrons. The minimum atomic E-state index is 0.457. The Morgan fingerprint density at radius 2 is 2.33 bits per heavy atom. The van der Waals surface area contributed by atoms with Crippen LogP contribution in [0.25, 0.3) is 27.4 Å². The number of carbonyl (C=O) groups excluding carboxylic acids is 1. The van der Waals surface area contributed by atoms with Gasteiger partial charge in [-0.3, -0.25) is 4.79 Å². The van der Waals surface area contributed by atoms with Gasteiger partial charge in [-0.2, -0.15) is 0 Å². The number of azide groups is 1. The van der Waals surface area contributed by atoms with E-state index in [1.165, 1.54) is 0 Å². The van der Waals surface area contributed by atoms with E-state index in [0.717, 1.165) is 22.8 Å². The predicted octanol–water partition coefficient (Wildman–Crippen LogP) is 3.69. The van der Waals surface area contributed by atoms with Gasteiger partial charge in [0, 0.05) is 34.1 Å². The molecule has 5 nitrogen and oxygen atoms in total. The molecule has 90 valence electrons. The van der Waals surface area contributed by atoms with Gasteiger partial charge in [-0.15, -0.1) is 0 Å². The third kappa shape index (κ3) is 2.59. The fourth-order valence-electron chi connectivity index (χ4n) is 1.76. The summed E-state index contributed by atoms with van der Waals surface area (Å²) >= 11 is 0. The lowest BCUT2D eigenvalue weighted by Gasteiger charge is -1.95. The van der Waals surface area contributed by atoms with Gasteiger partial charge in [-0.1, -0.05) is 23.3 Å². The van der Waals surface area contributed by atoms with Gasteiger partial charge in [0.05, 0.1) is 0 Å². The summed E-state index contributed by atoms with van der Waals surface area (Å²) in [5, 5.41) is 4.37. The van der Waals surface area contributed by atoms with E-state index >= 15 is 0 Å². The molecule has 0 aliphatic rings. The minimum Gasteiger partial charge on any atom is -0.360 e. The molecule has 1 aromatic carbocycles. The molecular weight excluding hydrogens is 228 g/mol. The minimum absolute atomic E-state index is 0.457. The van der Waals surface area contributed by atoms with E-state index in [1.54, 1.807) is 6.20 Å². The zero-order valence-corrected chi connectivity index (χ0v) is 9.71. The summed E-state index contributed by atoms with van der Waals surface area (Å²) in [6.07, 6.45) is 7.15. The lowest BCUT2D eigenvalue weighted by atomic mass is 10.1. The summed E-state index contributed by atoms with van der Waals surface area (Å²) in [7, 11) is 0. The zero-order chi connectivity index (χ0) is 12.8. The SMILES string of the molecule is [N-]=[N+]=NCCC=Cc1ccc2[nH]cc(C=O)c2c1. The van der Waals surface area contributed by atoms with Gasteiger partial charge in [0.15, 0.2) is 6.29 Å². The van der Waals surface area contributed by atoms with Crippen LogP contribution in [0.5, 0.6) is 0 Å². The molecule has 0 unspecified atom stereocenters. The monoisotopic (exact) mass is 240 g/mol. The first-order chi connectivity index (χ1) is 8.85. The van der Waals surface area contributed by atoms with E-state index in [1.807, 2.05) is 30.4 Å². The van der Waals surface area contributed by atoms with E-state index < -0.39 is 0 Å². The van der Waals surface area contributed by atoms with Crippen LogP contribution >= 0.6 is 0 Å². The molecule has 1 N–H and O–H groups in total. The average molecular weight is 240 g/mol. The zero-order valence-electron chi connectivity index (χ0n) is 9.71. The van der Waals surface area contributed by atoms with Crippen molar-refractivity contribution in [3.8, 4) is 0 Å². The molecule has 0 aliphatic carbocycles. The van der Waals surface area contributed by atoms with Gasteiger partial charge in [0.25, 0.3) is 0 Å². The summed E-state index contributed by atoms with van der Waals surface area (Å²) in [6, 6.07) is 5.87. The second-order valence-electron chi connectivity index (χ2n) is 3.81. The number of nitrogens with zero attached hydrogens (tertiary/aromatic N) is 3. The molecule has 0 aliphatic heterocycles. The van der Waals surface area contributed by atoms with Crippen LogP contribution in [0.1, 0.15) is 22.3 Å². The van der Waals surface area contributed by atoms with Gasteiger partial charge >= 0.3 is 0 Å². The Morgan fingerprint density at radius 1 is 1.44 bits per heavy atom. The molecule has 1 aromatic heterocycles. The van der Waals surface area contributed by atoms with Crippen molar-refractivity contribution >= 4 is 23.3 Å². The number of benzene rings is 1. The normalized spacial score (nSPS) is 10.7. The molecule has 0 bridgehead atoms. The molecule has 0 amide bonds. The van der Waals surface area contributed by atoms with Crippen LogP contribution in [0.2, 0.25) is 0 Å². The molecule has 0 saturated heterocycles. The Hall–Kier alpha value is -2.52. The summed E-state index contributed by atoms with van der Waals surface area (Å²) in [4.78, 5) is 16.6. The maximum Gasteiger partial charge on any atom is 0.152 e. The molecule has 0 saturated carbocycles. The summed E-state index contributed by atoms with van der Waals surface area (Å²) in [5.41, 5.74) is 10.8. The standard InChI is InChI=1S/C13H12N4O/c14-17-16-6-2-1-3-10-4-5-13-12(7-10)11(9-18)8-15-13/h1,3-5,7-9,15H,2,6H2. The number of carbonyl (C=O) groups is 1. The molecule has 0 atom stereocenters. The second kappa shape index (κ2) is 5.70. The maximum atomic E-state index is 10.8. The van der Waals surface area contributed by atoms with Crippen molar-refractivity contribution in [2.45, 2.75) is 6.42 Å². The smallest absolute Gasteiger partial charge is 0.152 e. The van der Waals surface area contributed by atoms with Crippen LogP contribution in [0.4, 0.5) is 0 Å². The van der Waals surface area contributed by atoms with Gasteiger partial charge in [-0.25, -0.2) is 0 Å². The number of aromatic nitrogens is 1. The van der Waals surface area contributed by atoms with Crippen molar-refractivity contribution in [1.82, 2.24) is 4.98 Å². The van der Waals surface area contributed by atoms with Gasteiger partial charge in [-0.05, 0) is 29.6 Å². The molecular formula is C13H12N4O. The molecule has 18 heavy (non-hydrogen) atoms. The first-order valence-electron chi connectivity index (χ1n) is 5.59. The van der Waals surface area contributed by atoms with Crippen LogP contribution in [-0.2, 0) is 0 Å². The summed E-state index contributed by atoms with van der Waals surface area (Å²) in [6.45, 7) is 0.457. The highest BCUT2D eigenvalue weighted by Crippen LogP contribution is 2.19. The van der Waals surface area contributed by atoms with Crippen molar-refractivity contribution < 1.29 is 4.79 Å². The summed E-state index contributed by atoms with van der Waals surface area (Å²) in [5.74, 6) is 0. The fraction of sp³-hybridized carbons (Fsp3) is 0.154. The lowest BCUT2D eigenvalue weighted by Crippen LogP contribution is -1.78. The van der Waals surface area contributed by atoms with Crippen LogP contribution in [0.3, 0.4) is 0 Å².